The summed E-state index contributed by atoms with van der Waals surface area (Å²) in [5.74, 6) is -1.09. The van der Waals surface area contributed by atoms with Crippen molar-refractivity contribution in [1.29, 1.82) is 0 Å². The van der Waals surface area contributed by atoms with Crippen LogP contribution in [0.15, 0.2) is 41.3 Å². The van der Waals surface area contributed by atoms with E-state index in [9.17, 15) is 14.7 Å². The van der Waals surface area contributed by atoms with Gasteiger partial charge in [-0.3, -0.25) is 4.79 Å². The van der Waals surface area contributed by atoms with Crippen molar-refractivity contribution in [2.75, 3.05) is 0 Å². The lowest BCUT2D eigenvalue weighted by atomic mass is 10.1. The highest BCUT2D eigenvalue weighted by molar-refractivity contribution is 7.11. The molecule has 3 aromatic rings. The van der Waals surface area contributed by atoms with Crippen molar-refractivity contribution >= 4 is 28.2 Å². The number of pyridine rings is 1. The number of thiazole rings is 1. The van der Waals surface area contributed by atoms with E-state index in [-0.39, 0.29) is 11.1 Å². The number of benzene rings is 1. The van der Waals surface area contributed by atoms with E-state index in [1.54, 1.807) is 35.0 Å². The molecule has 21 heavy (non-hydrogen) atoms. The van der Waals surface area contributed by atoms with Crippen LogP contribution in [0.1, 0.15) is 20.2 Å². The monoisotopic (exact) mass is 300 g/mol. The van der Waals surface area contributed by atoms with Gasteiger partial charge >= 0.3 is 5.97 Å². The highest BCUT2D eigenvalue weighted by atomic mass is 32.1. The number of aromatic nitrogens is 2. The molecule has 0 aliphatic carbocycles. The number of hydrogen-bond donors (Lipinski definition) is 1. The number of carbonyl (C=O) groups is 1. The lowest BCUT2D eigenvalue weighted by molar-refractivity contribution is 0.0698. The highest BCUT2D eigenvalue weighted by Gasteiger charge is 2.14. The maximum atomic E-state index is 12.3. The fraction of sp³-hybridized carbons (Fsp3) is 0.133. The lowest BCUT2D eigenvalue weighted by Crippen LogP contribution is -2.22. The molecule has 1 N–H and O–H groups in total. The van der Waals surface area contributed by atoms with Gasteiger partial charge < -0.3 is 9.67 Å². The molecule has 0 fully saturated rings. The molecule has 0 saturated heterocycles. The normalized spacial score (nSPS) is 10.9. The number of fused-ring (bicyclic) bond motifs is 1. The van der Waals surface area contributed by atoms with Crippen LogP contribution >= 0.6 is 11.3 Å². The number of para-hydroxylation sites is 1. The zero-order valence-electron chi connectivity index (χ0n) is 11.2. The van der Waals surface area contributed by atoms with Crippen LogP contribution in [0.5, 0.6) is 0 Å². The molecule has 2 aromatic heterocycles. The molecule has 1 aromatic carbocycles. The van der Waals surface area contributed by atoms with Gasteiger partial charge in [0.1, 0.15) is 0 Å². The molecule has 0 amide bonds. The predicted octanol–water partition coefficient (Wildman–Crippen LogP) is 2.51. The fourth-order valence-corrected chi connectivity index (χ4v) is 3.09. The van der Waals surface area contributed by atoms with E-state index in [0.29, 0.717) is 17.4 Å². The molecule has 0 atom stereocenters. The second kappa shape index (κ2) is 5.14. The number of aryl methyl sites for hydroxylation is 1. The van der Waals surface area contributed by atoms with Gasteiger partial charge in [0.2, 0.25) is 0 Å². The molecular formula is C15H12N2O3S. The van der Waals surface area contributed by atoms with E-state index < -0.39 is 5.97 Å². The Kier molecular flexibility index (Phi) is 3.31. The van der Waals surface area contributed by atoms with Crippen molar-refractivity contribution in [3.05, 3.63) is 62.3 Å². The molecule has 5 nitrogen and oxygen atoms in total. The van der Waals surface area contributed by atoms with E-state index in [1.165, 1.54) is 17.4 Å². The molecule has 2 heterocycles. The zero-order valence-corrected chi connectivity index (χ0v) is 12.1. The molecule has 0 bridgehead atoms. The first kappa shape index (κ1) is 13.5. The summed E-state index contributed by atoms with van der Waals surface area (Å²) in [7, 11) is 0. The summed E-state index contributed by atoms with van der Waals surface area (Å²) in [6, 6.07) is 8.21. The van der Waals surface area contributed by atoms with Crippen molar-refractivity contribution in [2.24, 2.45) is 0 Å². The first-order chi connectivity index (χ1) is 10.1. The summed E-state index contributed by atoms with van der Waals surface area (Å²) in [6.45, 7) is 2.30. The van der Waals surface area contributed by atoms with Crippen LogP contribution in [0.2, 0.25) is 0 Å². The predicted molar refractivity (Wildman–Crippen MR) is 81.1 cm³/mol. The van der Waals surface area contributed by atoms with Gasteiger partial charge in [-0.1, -0.05) is 18.2 Å². The van der Waals surface area contributed by atoms with Crippen molar-refractivity contribution in [3.63, 3.8) is 0 Å². The van der Waals surface area contributed by atoms with Crippen LogP contribution in [0.25, 0.3) is 10.9 Å². The number of carboxylic acid groups (broad SMARTS) is 1. The van der Waals surface area contributed by atoms with E-state index in [4.69, 9.17) is 0 Å². The molecule has 0 aliphatic heterocycles. The molecule has 0 aliphatic rings. The number of carboxylic acids is 1. The summed E-state index contributed by atoms with van der Waals surface area (Å²) in [5, 5.41) is 10.7. The first-order valence-corrected chi connectivity index (χ1v) is 7.15. The Hall–Kier alpha value is -2.47. The molecule has 0 saturated carbocycles. The van der Waals surface area contributed by atoms with Crippen molar-refractivity contribution < 1.29 is 9.90 Å². The van der Waals surface area contributed by atoms with Gasteiger partial charge in [-0.2, -0.15) is 0 Å². The smallest absolute Gasteiger partial charge is 0.336 e. The van der Waals surface area contributed by atoms with Crippen molar-refractivity contribution in [1.82, 2.24) is 9.55 Å². The Morgan fingerprint density at radius 3 is 2.81 bits per heavy atom. The summed E-state index contributed by atoms with van der Waals surface area (Å²) in [6.07, 6.45) is 1.74. The maximum Gasteiger partial charge on any atom is 0.336 e. The van der Waals surface area contributed by atoms with Crippen LogP contribution in [-0.2, 0) is 6.54 Å². The van der Waals surface area contributed by atoms with Crippen molar-refractivity contribution in [2.45, 2.75) is 13.5 Å². The summed E-state index contributed by atoms with van der Waals surface area (Å²) in [5.41, 5.74) is 0.331. The number of aromatic carboxylic acids is 1. The Labute approximate surface area is 124 Å². The fourth-order valence-electron chi connectivity index (χ4n) is 2.31. The Bertz CT molecular complexity index is 895. The van der Waals surface area contributed by atoms with Crippen LogP contribution in [0, 0.1) is 6.92 Å². The average Bonchev–Trinajstić information content (AvgIpc) is 2.87. The first-order valence-electron chi connectivity index (χ1n) is 6.33. The van der Waals surface area contributed by atoms with E-state index in [0.717, 1.165) is 9.88 Å². The van der Waals surface area contributed by atoms with Gasteiger partial charge in [0.25, 0.3) is 5.56 Å². The Morgan fingerprint density at radius 2 is 2.14 bits per heavy atom. The summed E-state index contributed by atoms with van der Waals surface area (Å²) in [4.78, 5) is 28.7. The molecule has 0 spiro atoms. The van der Waals surface area contributed by atoms with Crippen molar-refractivity contribution in [3.8, 4) is 0 Å². The van der Waals surface area contributed by atoms with Crippen LogP contribution < -0.4 is 5.56 Å². The second-order valence-corrected chi connectivity index (χ2v) is 5.97. The third kappa shape index (κ3) is 2.45. The third-order valence-electron chi connectivity index (χ3n) is 3.23. The minimum absolute atomic E-state index is 0.0346. The van der Waals surface area contributed by atoms with Gasteiger partial charge in [0, 0.05) is 22.5 Å². The molecule has 3 rings (SSSR count). The second-order valence-electron chi connectivity index (χ2n) is 4.65. The third-order valence-corrected chi connectivity index (χ3v) is 4.13. The maximum absolute atomic E-state index is 12.3. The van der Waals surface area contributed by atoms with E-state index in [2.05, 4.69) is 4.98 Å². The number of rotatable bonds is 3. The largest absolute Gasteiger partial charge is 0.478 e. The van der Waals surface area contributed by atoms with Crippen LogP contribution in [0.3, 0.4) is 0 Å². The van der Waals surface area contributed by atoms with E-state index in [1.807, 2.05) is 6.92 Å². The Balaban J connectivity index is 2.23. The van der Waals surface area contributed by atoms with Gasteiger partial charge in [-0.15, -0.1) is 11.3 Å². The number of nitrogens with zero attached hydrogens (tertiary/aromatic N) is 2. The molecule has 0 radical (unpaired) electrons. The van der Waals surface area contributed by atoms with Crippen LogP contribution in [-0.4, -0.2) is 20.6 Å². The van der Waals surface area contributed by atoms with Gasteiger partial charge in [0.05, 0.1) is 22.6 Å². The average molecular weight is 300 g/mol. The van der Waals surface area contributed by atoms with Crippen LogP contribution in [0.4, 0.5) is 0 Å². The highest BCUT2D eigenvalue weighted by Crippen LogP contribution is 2.19. The Morgan fingerprint density at radius 1 is 1.38 bits per heavy atom. The quantitative estimate of drug-likeness (QED) is 0.806. The minimum atomic E-state index is -1.09. The topological polar surface area (TPSA) is 72.2 Å². The summed E-state index contributed by atoms with van der Waals surface area (Å²) < 4.78 is 1.58. The standard InChI is InChI=1S/C15H12N2O3S/c1-9-16-7-10(21-9)8-17-13-5-3-2-4-11(13)12(15(19)20)6-14(17)18/h2-7H,8H2,1H3,(H,19,20). The van der Waals surface area contributed by atoms with E-state index >= 15 is 0 Å². The molecular weight excluding hydrogens is 288 g/mol. The summed E-state index contributed by atoms with van der Waals surface area (Å²) >= 11 is 1.52. The minimum Gasteiger partial charge on any atom is -0.478 e. The van der Waals surface area contributed by atoms with Gasteiger partial charge in [-0.25, -0.2) is 9.78 Å². The molecule has 106 valence electrons. The molecule has 0 unspecified atom stereocenters. The SMILES string of the molecule is Cc1ncc(Cn2c(=O)cc(C(=O)O)c3ccccc32)s1. The van der Waals surface area contributed by atoms with Gasteiger partial charge in [-0.05, 0) is 13.0 Å². The lowest BCUT2D eigenvalue weighted by Gasteiger charge is -2.10. The molecule has 6 heteroatoms. The van der Waals surface area contributed by atoms with Gasteiger partial charge in [0.15, 0.2) is 0 Å². The number of hydrogen-bond acceptors (Lipinski definition) is 4. The zero-order chi connectivity index (χ0) is 15.0.